The molecule has 0 spiro atoms. The maximum absolute atomic E-state index is 12.8. The van der Waals surface area contributed by atoms with Crippen molar-refractivity contribution in [3.63, 3.8) is 0 Å². The lowest BCUT2D eigenvalue weighted by Crippen LogP contribution is -2.52. The third-order valence-electron chi connectivity index (χ3n) is 4.93. The van der Waals surface area contributed by atoms with Gasteiger partial charge in [0.15, 0.2) is 6.10 Å². The summed E-state index contributed by atoms with van der Waals surface area (Å²) >= 11 is 0. The number of nitrogens with zero attached hydrogens (tertiary/aromatic N) is 3. The number of amides is 1. The van der Waals surface area contributed by atoms with E-state index in [1.54, 1.807) is 23.1 Å². The van der Waals surface area contributed by atoms with E-state index in [0.29, 0.717) is 38.3 Å². The van der Waals surface area contributed by atoms with Gasteiger partial charge in [-0.2, -0.15) is 0 Å². The number of carbonyl (C=O) groups excluding carboxylic acids is 1. The summed E-state index contributed by atoms with van der Waals surface area (Å²) in [5.41, 5.74) is 1.76. The van der Waals surface area contributed by atoms with Crippen LogP contribution in [0.1, 0.15) is 5.56 Å². The highest BCUT2D eigenvalue weighted by molar-refractivity contribution is 5.83. The van der Waals surface area contributed by atoms with Crippen molar-refractivity contribution in [2.75, 3.05) is 31.1 Å². The van der Waals surface area contributed by atoms with Crippen molar-refractivity contribution in [3.05, 3.63) is 64.2 Å². The van der Waals surface area contributed by atoms with Crippen molar-refractivity contribution in [1.82, 2.24) is 4.90 Å². The summed E-state index contributed by atoms with van der Waals surface area (Å²) in [5.74, 6) is 0.771. The van der Waals surface area contributed by atoms with E-state index in [9.17, 15) is 14.9 Å². The number of para-hydroxylation sites is 3. The Balaban J connectivity index is 1.40. The van der Waals surface area contributed by atoms with Crippen LogP contribution in [0.5, 0.6) is 5.75 Å². The Morgan fingerprint density at radius 2 is 1.73 bits per heavy atom. The number of ether oxygens (including phenoxy) is 1. The van der Waals surface area contributed by atoms with Crippen molar-refractivity contribution in [2.45, 2.75) is 12.5 Å². The molecule has 134 valence electrons. The maximum Gasteiger partial charge on any atom is 0.292 e. The van der Waals surface area contributed by atoms with Gasteiger partial charge in [-0.15, -0.1) is 0 Å². The molecule has 2 aromatic rings. The molecule has 0 radical (unpaired) electrons. The summed E-state index contributed by atoms with van der Waals surface area (Å²) in [4.78, 5) is 27.4. The lowest BCUT2D eigenvalue weighted by molar-refractivity contribution is -0.384. The van der Waals surface area contributed by atoms with E-state index < -0.39 is 6.10 Å². The molecule has 2 aliphatic heterocycles. The van der Waals surface area contributed by atoms with Crippen LogP contribution in [0.15, 0.2) is 48.5 Å². The molecule has 26 heavy (non-hydrogen) atoms. The first-order valence-electron chi connectivity index (χ1n) is 8.65. The molecular weight excluding hydrogens is 334 g/mol. The van der Waals surface area contributed by atoms with E-state index in [4.69, 9.17) is 4.74 Å². The van der Waals surface area contributed by atoms with Gasteiger partial charge >= 0.3 is 0 Å². The molecule has 2 heterocycles. The lowest BCUT2D eigenvalue weighted by Gasteiger charge is -2.36. The molecule has 0 N–H and O–H groups in total. The number of fused-ring (bicyclic) bond motifs is 1. The van der Waals surface area contributed by atoms with E-state index in [-0.39, 0.29) is 16.5 Å². The van der Waals surface area contributed by atoms with Gasteiger partial charge in [-0.05, 0) is 17.7 Å². The number of rotatable bonds is 3. The zero-order valence-electron chi connectivity index (χ0n) is 14.2. The summed E-state index contributed by atoms with van der Waals surface area (Å²) in [6.45, 7) is 2.19. The van der Waals surface area contributed by atoms with Crippen LogP contribution in [0.4, 0.5) is 11.4 Å². The number of nitro benzene ring substituents is 1. The SMILES string of the molecule is O=C([C@H]1Cc2ccccc2O1)N1CCN(c2ccccc2[N+](=O)[O-])CC1. The van der Waals surface area contributed by atoms with Gasteiger partial charge in [-0.1, -0.05) is 30.3 Å². The van der Waals surface area contributed by atoms with Crippen LogP contribution >= 0.6 is 0 Å². The van der Waals surface area contributed by atoms with Crippen LogP contribution in [0.2, 0.25) is 0 Å². The molecule has 7 nitrogen and oxygen atoms in total. The topological polar surface area (TPSA) is 75.9 Å². The van der Waals surface area contributed by atoms with Crippen molar-refractivity contribution < 1.29 is 14.5 Å². The summed E-state index contributed by atoms with van der Waals surface area (Å²) in [6, 6.07) is 14.4. The zero-order valence-corrected chi connectivity index (χ0v) is 14.2. The Morgan fingerprint density at radius 3 is 2.46 bits per heavy atom. The predicted octanol–water partition coefficient (Wildman–Crippen LogP) is 2.25. The fraction of sp³-hybridized carbons (Fsp3) is 0.316. The highest BCUT2D eigenvalue weighted by atomic mass is 16.6. The van der Waals surface area contributed by atoms with Crippen molar-refractivity contribution in [2.24, 2.45) is 0 Å². The Morgan fingerprint density at radius 1 is 1.04 bits per heavy atom. The molecule has 1 fully saturated rings. The van der Waals surface area contributed by atoms with Gasteiger partial charge in [0, 0.05) is 38.7 Å². The Labute approximate surface area is 150 Å². The second kappa shape index (κ2) is 6.67. The van der Waals surface area contributed by atoms with Crippen molar-refractivity contribution in [1.29, 1.82) is 0 Å². The summed E-state index contributed by atoms with van der Waals surface area (Å²) in [5, 5.41) is 11.2. The maximum atomic E-state index is 12.8. The fourth-order valence-corrected chi connectivity index (χ4v) is 3.58. The first kappa shape index (κ1) is 16.4. The Kier molecular flexibility index (Phi) is 4.20. The number of hydrogen-bond acceptors (Lipinski definition) is 5. The predicted molar refractivity (Wildman–Crippen MR) is 96.5 cm³/mol. The normalized spacial score (nSPS) is 19.0. The van der Waals surface area contributed by atoms with Crippen LogP contribution in [0.25, 0.3) is 0 Å². The molecule has 0 saturated carbocycles. The lowest BCUT2D eigenvalue weighted by atomic mass is 10.1. The molecule has 0 aromatic heterocycles. The molecule has 2 aromatic carbocycles. The molecule has 0 bridgehead atoms. The molecule has 2 aliphatic rings. The monoisotopic (exact) mass is 353 g/mol. The second-order valence-electron chi connectivity index (χ2n) is 6.48. The van der Waals surface area contributed by atoms with E-state index in [0.717, 1.165) is 11.3 Å². The first-order valence-corrected chi connectivity index (χ1v) is 8.65. The van der Waals surface area contributed by atoms with Crippen LogP contribution in [0, 0.1) is 10.1 Å². The molecule has 1 saturated heterocycles. The van der Waals surface area contributed by atoms with Gasteiger partial charge in [0.1, 0.15) is 11.4 Å². The minimum Gasteiger partial charge on any atom is -0.480 e. The minimum absolute atomic E-state index is 0.0107. The van der Waals surface area contributed by atoms with Gasteiger partial charge in [-0.25, -0.2) is 0 Å². The van der Waals surface area contributed by atoms with Gasteiger partial charge < -0.3 is 14.5 Å². The number of benzene rings is 2. The second-order valence-corrected chi connectivity index (χ2v) is 6.48. The summed E-state index contributed by atoms with van der Waals surface area (Å²) in [7, 11) is 0. The van der Waals surface area contributed by atoms with E-state index in [1.807, 2.05) is 29.2 Å². The minimum atomic E-state index is -0.468. The van der Waals surface area contributed by atoms with Gasteiger partial charge in [0.2, 0.25) is 0 Å². The zero-order chi connectivity index (χ0) is 18.1. The molecule has 4 rings (SSSR count). The molecule has 1 atom stereocenters. The third kappa shape index (κ3) is 2.96. The molecule has 0 unspecified atom stereocenters. The average molecular weight is 353 g/mol. The van der Waals surface area contributed by atoms with Crippen molar-refractivity contribution in [3.8, 4) is 5.75 Å². The molecule has 7 heteroatoms. The number of anilines is 1. The number of piperazine rings is 1. The van der Waals surface area contributed by atoms with E-state index in [1.165, 1.54) is 6.07 Å². The van der Waals surface area contributed by atoms with Crippen molar-refractivity contribution >= 4 is 17.3 Å². The number of hydrogen-bond donors (Lipinski definition) is 0. The molecular formula is C19H19N3O4. The highest BCUT2D eigenvalue weighted by Crippen LogP contribution is 2.30. The first-order chi connectivity index (χ1) is 12.6. The van der Waals surface area contributed by atoms with E-state index in [2.05, 4.69) is 0 Å². The Hall–Kier alpha value is -3.09. The van der Waals surface area contributed by atoms with Gasteiger partial charge in [0.25, 0.3) is 11.6 Å². The smallest absolute Gasteiger partial charge is 0.292 e. The van der Waals surface area contributed by atoms with Crippen LogP contribution in [-0.2, 0) is 11.2 Å². The highest BCUT2D eigenvalue weighted by Gasteiger charge is 2.34. The Bertz CT molecular complexity index is 821. The van der Waals surface area contributed by atoms with Gasteiger partial charge in [0.05, 0.1) is 4.92 Å². The van der Waals surface area contributed by atoms with Crippen LogP contribution in [0.3, 0.4) is 0 Å². The molecule has 0 aliphatic carbocycles. The summed E-state index contributed by atoms with van der Waals surface area (Å²) < 4.78 is 5.79. The average Bonchev–Trinajstić information content (AvgIpc) is 3.12. The quantitative estimate of drug-likeness (QED) is 0.625. The number of carbonyl (C=O) groups is 1. The largest absolute Gasteiger partial charge is 0.480 e. The summed E-state index contributed by atoms with van der Waals surface area (Å²) in [6.07, 6.45) is 0.129. The third-order valence-corrected chi connectivity index (χ3v) is 4.93. The standard InChI is InChI=1S/C19H19N3O4/c23-19(18-13-14-5-1-4-8-17(14)26-18)21-11-9-20(10-12-21)15-6-2-3-7-16(15)22(24)25/h1-8,18H,9-13H2/t18-/m1/s1. The number of nitro groups is 1. The molecule has 1 amide bonds. The van der Waals surface area contributed by atoms with Gasteiger partial charge in [-0.3, -0.25) is 14.9 Å². The fourth-order valence-electron chi connectivity index (χ4n) is 3.58. The van der Waals surface area contributed by atoms with E-state index >= 15 is 0 Å². The van der Waals surface area contributed by atoms with Crippen LogP contribution < -0.4 is 9.64 Å². The van der Waals surface area contributed by atoms with Crippen LogP contribution in [-0.4, -0.2) is 48.0 Å².